The van der Waals surface area contributed by atoms with Gasteiger partial charge in [-0.1, -0.05) is 38.8 Å². The maximum Gasteiger partial charge on any atom is 1.00 e. The Morgan fingerprint density at radius 2 is 1.88 bits per heavy atom. The van der Waals surface area contributed by atoms with Gasteiger partial charge in [0.25, 0.3) is 0 Å². The number of rotatable bonds is 8. The third-order valence-corrected chi connectivity index (χ3v) is 2.92. The molecule has 4 nitrogen and oxygen atoms in total. The van der Waals surface area contributed by atoms with Crippen LogP contribution in [-0.4, -0.2) is 19.1 Å². The van der Waals surface area contributed by atoms with E-state index in [2.05, 4.69) is 18.0 Å². The third kappa shape index (κ3) is 12.9. The molecule has 2 unspecified atom stereocenters. The van der Waals surface area contributed by atoms with Crippen LogP contribution in [0.3, 0.4) is 0 Å². The summed E-state index contributed by atoms with van der Waals surface area (Å²) in [6.45, 7) is 5.76. The van der Waals surface area contributed by atoms with Crippen molar-refractivity contribution in [3.8, 4) is 0 Å². The van der Waals surface area contributed by atoms with Crippen LogP contribution < -0.4 is 29.6 Å². The van der Waals surface area contributed by atoms with Gasteiger partial charge in [-0.05, 0) is 25.7 Å². The van der Waals surface area contributed by atoms with Gasteiger partial charge in [-0.2, -0.15) is 0 Å². The van der Waals surface area contributed by atoms with Crippen LogP contribution in [-0.2, 0) is 14.6 Å². The van der Waals surface area contributed by atoms with Gasteiger partial charge in [-0.15, -0.1) is 0 Å². The molecule has 0 rings (SSSR count). The monoisotopic (exact) mass is 272 g/mol. The van der Waals surface area contributed by atoms with Gasteiger partial charge in [0.15, 0.2) is 0 Å². The van der Waals surface area contributed by atoms with E-state index in [1.165, 1.54) is 0 Å². The normalized spacial score (nSPS) is 15.5. The van der Waals surface area contributed by atoms with E-state index in [0.717, 1.165) is 25.7 Å². The third-order valence-electron chi connectivity index (χ3n) is 2.38. The Labute approximate surface area is 127 Å². The molecule has 0 N–H and O–H groups in total. The Morgan fingerprint density at radius 1 is 1.29 bits per heavy atom. The second-order valence-corrected chi connectivity index (χ2v) is 4.91. The summed E-state index contributed by atoms with van der Waals surface area (Å²) in [6.07, 6.45) is 7.28. The standard InChI is InChI=1S/C11H22O4S.Na/c1-4-6-7-11(5-2)9-8-10(3)15-16(12,13)14;/h8-11H,4-7H2,1-3H3,(H,12,13,14);/q;+1/p-1/b9-8+;. The van der Waals surface area contributed by atoms with Gasteiger partial charge in [0, 0.05) is 0 Å². The molecule has 0 aromatic carbocycles. The van der Waals surface area contributed by atoms with Crippen LogP contribution in [0.5, 0.6) is 0 Å². The predicted octanol–water partition coefficient (Wildman–Crippen LogP) is -0.372. The van der Waals surface area contributed by atoms with Gasteiger partial charge >= 0.3 is 29.6 Å². The van der Waals surface area contributed by atoms with Gasteiger partial charge < -0.3 is 4.55 Å². The van der Waals surface area contributed by atoms with Crippen LogP contribution in [0.25, 0.3) is 0 Å². The minimum atomic E-state index is -4.60. The number of hydrogen-bond donors (Lipinski definition) is 0. The van der Waals surface area contributed by atoms with Crippen LogP contribution in [0.1, 0.15) is 46.5 Å². The zero-order valence-electron chi connectivity index (χ0n) is 11.2. The molecule has 0 saturated heterocycles. The van der Waals surface area contributed by atoms with Crippen LogP contribution >= 0.6 is 0 Å². The van der Waals surface area contributed by atoms with Crippen LogP contribution in [0, 0.1) is 5.92 Å². The van der Waals surface area contributed by atoms with Crippen molar-refractivity contribution in [1.82, 2.24) is 0 Å². The fourth-order valence-electron chi connectivity index (χ4n) is 1.43. The van der Waals surface area contributed by atoms with Crippen molar-refractivity contribution in [2.24, 2.45) is 5.92 Å². The van der Waals surface area contributed by atoms with E-state index in [0.29, 0.717) is 5.92 Å². The van der Waals surface area contributed by atoms with Gasteiger partial charge in [0.2, 0.25) is 10.4 Å². The minimum absolute atomic E-state index is 0. The Balaban J connectivity index is 0. The molecular formula is C11H21NaO4S. The Morgan fingerprint density at radius 3 is 2.29 bits per heavy atom. The first-order chi connectivity index (χ1) is 7.39. The quantitative estimate of drug-likeness (QED) is 0.262. The summed E-state index contributed by atoms with van der Waals surface area (Å²) in [5.41, 5.74) is 0. The molecule has 0 spiro atoms. The molecule has 0 radical (unpaired) electrons. The smallest absolute Gasteiger partial charge is 0.726 e. The van der Waals surface area contributed by atoms with Gasteiger partial charge in [0.05, 0.1) is 6.10 Å². The first kappa shape index (κ1) is 19.9. The molecule has 0 aromatic heterocycles. The van der Waals surface area contributed by atoms with Gasteiger partial charge in [-0.25, -0.2) is 8.42 Å². The number of allylic oxidation sites excluding steroid dienone is 1. The van der Waals surface area contributed by atoms with E-state index in [9.17, 15) is 13.0 Å². The summed E-state index contributed by atoms with van der Waals surface area (Å²) in [5.74, 6) is 0.431. The maximum absolute atomic E-state index is 10.3. The van der Waals surface area contributed by atoms with Crippen LogP contribution in [0.15, 0.2) is 12.2 Å². The Bertz CT molecular complexity index is 301. The van der Waals surface area contributed by atoms with E-state index < -0.39 is 16.5 Å². The zero-order valence-corrected chi connectivity index (χ0v) is 14.0. The molecular weight excluding hydrogens is 251 g/mol. The second-order valence-electron chi connectivity index (χ2n) is 3.91. The number of unbranched alkanes of at least 4 members (excludes halogenated alkanes) is 1. The summed E-state index contributed by atoms with van der Waals surface area (Å²) in [4.78, 5) is 0. The average molecular weight is 272 g/mol. The summed E-state index contributed by atoms with van der Waals surface area (Å²) in [6, 6.07) is 0. The van der Waals surface area contributed by atoms with E-state index in [1.807, 2.05) is 6.08 Å². The molecule has 96 valence electrons. The predicted molar refractivity (Wildman–Crippen MR) is 62.7 cm³/mol. The second kappa shape index (κ2) is 10.5. The molecule has 6 heteroatoms. The summed E-state index contributed by atoms with van der Waals surface area (Å²) < 4.78 is 35.2. The van der Waals surface area contributed by atoms with Crippen molar-refractivity contribution in [2.75, 3.05) is 0 Å². The minimum Gasteiger partial charge on any atom is -0.726 e. The fourth-order valence-corrected chi connectivity index (χ4v) is 1.87. The SMILES string of the molecule is CCCCC(/C=C/C(C)OS(=O)(=O)[O-])CC.[Na+]. The Kier molecular flexibility index (Phi) is 12.3. The molecule has 0 aliphatic heterocycles. The molecule has 0 saturated carbocycles. The molecule has 0 aromatic rings. The van der Waals surface area contributed by atoms with Crippen LogP contribution in [0.2, 0.25) is 0 Å². The fraction of sp³-hybridized carbons (Fsp3) is 0.818. The molecule has 0 amide bonds. The van der Waals surface area contributed by atoms with E-state index in [1.54, 1.807) is 13.0 Å². The van der Waals surface area contributed by atoms with Crippen molar-refractivity contribution in [2.45, 2.75) is 52.6 Å². The van der Waals surface area contributed by atoms with Crippen molar-refractivity contribution in [1.29, 1.82) is 0 Å². The van der Waals surface area contributed by atoms with Crippen molar-refractivity contribution in [3.63, 3.8) is 0 Å². The largest absolute Gasteiger partial charge is 1.00 e. The van der Waals surface area contributed by atoms with E-state index in [4.69, 9.17) is 0 Å². The van der Waals surface area contributed by atoms with Crippen molar-refractivity contribution in [3.05, 3.63) is 12.2 Å². The molecule has 17 heavy (non-hydrogen) atoms. The summed E-state index contributed by atoms with van der Waals surface area (Å²) in [7, 11) is -4.60. The molecule has 0 heterocycles. The first-order valence-electron chi connectivity index (χ1n) is 5.71. The summed E-state index contributed by atoms with van der Waals surface area (Å²) >= 11 is 0. The molecule has 2 atom stereocenters. The summed E-state index contributed by atoms with van der Waals surface area (Å²) in [5, 5.41) is 0. The maximum atomic E-state index is 10.3. The molecule has 0 bridgehead atoms. The van der Waals surface area contributed by atoms with E-state index in [-0.39, 0.29) is 29.6 Å². The first-order valence-corrected chi connectivity index (χ1v) is 7.04. The van der Waals surface area contributed by atoms with Crippen molar-refractivity contribution < 1.29 is 46.7 Å². The topological polar surface area (TPSA) is 66.4 Å². The Hall–Kier alpha value is 0.610. The number of hydrogen-bond acceptors (Lipinski definition) is 4. The zero-order chi connectivity index (χ0) is 12.6. The van der Waals surface area contributed by atoms with Crippen molar-refractivity contribution >= 4 is 10.4 Å². The average Bonchev–Trinajstić information content (AvgIpc) is 2.15. The van der Waals surface area contributed by atoms with E-state index >= 15 is 0 Å². The van der Waals surface area contributed by atoms with Crippen LogP contribution in [0.4, 0.5) is 0 Å². The molecule has 0 aliphatic carbocycles. The van der Waals surface area contributed by atoms with Gasteiger partial charge in [-0.3, -0.25) is 4.18 Å². The molecule has 0 aliphatic rings. The van der Waals surface area contributed by atoms with Gasteiger partial charge in [0.1, 0.15) is 0 Å². The molecule has 0 fully saturated rings.